The van der Waals surface area contributed by atoms with E-state index in [0.29, 0.717) is 29.0 Å². The van der Waals surface area contributed by atoms with Crippen LogP contribution >= 0.6 is 0 Å². The highest BCUT2D eigenvalue weighted by molar-refractivity contribution is 5.71. The number of benzene rings is 3. The van der Waals surface area contributed by atoms with Crippen LogP contribution in [0.3, 0.4) is 0 Å². The number of rotatable bonds is 7. The molecule has 1 nitrogen and oxygen atoms in total. The molecule has 1 fully saturated rings. The van der Waals surface area contributed by atoms with Crippen LogP contribution in [0.1, 0.15) is 57.4 Å². The largest absolute Gasteiger partial charge is 0.490 e. The molecular weight excluding hydrogens is 452 g/mol. The maximum absolute atomic E-state index is 15.0. The number of halogens is 4. The highest BCUT2D eigenvalue weighted by Gasteiger charge is 2.25. The minimum absolute atomic E-state index is 0.0464. The van der Waals surface area contributed by atoms with Crippen LogP contribution in [-0.4, -0.2) is 6.61 Å². The molecule has 0 atom stereocenters. The van der Waals surface area contributed by atoms with E-state index in [1.54, 1.807) is 36.4 Å². The summed E-state index contributed by atoms with van der Waals surface area (Å²) in [6.45, 7) is 4.31. The lowest BCUT2D eigenvalue weighted by molar-refractivity contribution is 0.301. The van der Waals surface area contributed by atoms with E-state index in [1.165, 1.54) is 12.1 Å². The van der Waals surface area contributed by atoms with Crippen LogP contribution in [0.2, 0.25) is 0 Å². The van der Waals surface area contributed by atoms with Gasteiger partial charge < -0.3 is 4.74 Å². The Morgan fingerprint density at radius 3 is 1.91 bits per heavy atom. The zero-order valence-electron chi connectivity index (χ0n) is 20.1. The Hall–Kier alpha value is -3.08. The van der Waals surface area contributed by atoms with E-state index in [1.807, 2.05) is 19.1 Å². The molecule has 1 aliphatic carbocycles. The van der Waals surface area contributed by atoms with E-state index in [4.69, 9.17) is 4.74 Å². The van der Waals surface area contributed by atoms with Gasteiger partial charge in [0.2, 0.25) is 5.82 Å². The summed E-state index contributed by atoms with van der Waals surface area (Å²) < 4.78 is 64.5. The Kier molecular flexibility index (Phi) is 7.94. The first-order chi connectivity index (χ1) is 16.9. The summed E-state index contributed by atoms with van der Waals surface area (Å²) in [6.07, 6.45) is 8.12. The van der Waals surface area contributed by atoms with Gasteiger partial charge in [0, 0.05) is 11.1 Å². The van der Waals surface area contributed by atoms with Gasteiger partial charge in [-0.15, -0.1) is 0 Å². The third-order valence-corrected chi connectivity index (χ3v) is 6.90. The molecule has 0 N–H and O–H groups in total. The number of hydrogen-bond donors (Lipinski definition) is 0. The van der Waals surface area contributed by atoms with Crippen LogP contribution in [0.25, 0.3) is 22.3 Å². The van der Waals surface area contributed by atoms with Gasteiger partial charge >= 0.3 is 0 Å². The van der Waals surface area contributed by atoms with Crippen molar-refractivity contribution >= 4 is 0 Å². The van der Waals surface area contributed by atoms with Crippen molar-refractivity contribution in [2.75, 3.05) is 6.61 Å². The summed E-state index contributed by atoms with van der Waals surface area (Å²) in [5, 5.41) is 0. The molecule has 3 aromatic carbocycles. The molecule has 1 saturated carbocycles. The highest BCUT2D eigenvalue weighted by Crippen LogP contribution is 2.39. The van der Waals surface area contributed by atoms with Crippen LogP contribution in [0.15, 0.2) is 60.7 Å². The average Bonchev–Trinajstić information content (AvgIpc) is 2.87. The van der Waals surface area contributed by atoms with Crippen LogP contribution in [0.4, 0.5) is 17.6 Å². The lowest BCUT2D eigenvalue weighted by atomic mass is 9.79. The minimum atomic E-state index is -1.05. The van der Waals surface area contributed by atoms with Gasteiger partial charge in [-0.05, 0) is 66.8 Å². The van der Waals surface area contributed by atoms with Gasteiger partial charge in [-0.1, -0.05) is 68.3 Å². The van der Waals surface area contributed by atoms with Crippen molar-refractivity contribution in [1.29, 1.82) is 0 Å². The first-order valence-electron chi connectivity index (χ1n) is 12.2. The monoisotopic (exact) mass is 482 g/mol. The van der Waals surface area contributed by atoms with Crippen LogP contribution < -0.4 is 4.74 Å². The summed E-state index contributed by atoms with van der Waals surface area (Å²) >= 11 is 0. The molecule has 184 valence electrons. The van der Waals surface area contributed by atoms with Gasteiger partial charge in [-0.25, -0.2) is 13.2 Å². The fraction of sp³-hybridized carbons (Fsp3) is 0.333. The van der Waals surface area contributed by atoms with E-state index in [0.717, 1.165) is 25.7 Å². The van der Waals surface area contributed by atoms with Gasteiger partial charge in [0.05, 0.1) is 6.61 Å². The molecular formula is C30H30F4O. The van der Waals surface area contributed by atoms with Crippen molar-refractivity contribution in [3.63, 3.8) is 0 Å². The second-order valence-electron chi connectivity index (χ2n) is 9.31. The van der Waals surface area contributed by atoms with Crippen molar-refractivity contribution in [2.45, 2.75) is 51.9 Å². The normalized spacial score (nSPS) is 18.2. The molecule has 0 aromatic heterocycles. The molecule has 35 heavy (non-hydrogen) atoms. The average molecular weight is 483 g/mol. The molecule has 1 aliphatic rings. The fourth-order valence-electron chi connectivity index (χ4n) is 4.77. The third-order valence-electron chi connectivity index (χ3n) is 6.90. The Morgan fingerprint density at radius 2 is 1.31 bits per heavy atom. The maximum Gasteiger partial charge on any atom is 0.201 e. The second-order valence-corrected chi connectivity index (χ2v) is 9.31. The molecule has 0 aliphatic heterocycles. The van der Waals surface area contributed by atoms with Crippen LogP contribution in [0, 0.1) is 29.2 Å². The smallest absolute Gasteiger partial charge is 0.201 e. The van der Waals surface area contributed by atoms with Crippen molar-refractivity contribution in [2.24, 2.45) is 5.92 Å². The van der Waals surface area contributed by atoms with Gasteiger partial charge in [-0.3, -0.25) is 0 Å². The lowest BCUT2D eigenvalue weighted by Crippen LogP contribution is -2.13. The summed E-state index contributed by atoms with van der Waals surface area (Å²) in [6, 6.07) is 12.5. The fourth-order valence-corrected chi connectivity index (χ4v) is 4.77. The number of ether oxygens (including phenoxy) is 1. The summed E-state index contributed by atoms with van der Waals surface area (Å²) in [4.78, 5) is 0. The second kappa shape index (κ2) is 11.1. The standard InChI is InChI=1S/C30H30F4O/c1-3-4-5-18-35-26-17-16-25(29(33)30(26)34)22-12-10-21(11-13-22)24-15-14-23(27(31)28(24)32)20-8-6-19(2)7-9-20/h3-4,10-17,19-20H,5-9,18H2,1-2H3/b4-3-. The van der Waals surface area contributed by atoms with E-state index in [-0.39, 0.29) is 29.4 Å². The number of allylic oxidation sites excluding steroid dienone is 1. The first-order valence-corrected chi connectivity index (χ1v) is 12.2. The van der Waals surface area contributed by atoms with Crippen LogP contribution in [0.5, 0.6) is 5.75 Å². The molecule has 0 saturated heterocycles. The quantitative estimate of drug-likeness (QED) is 0.185. The van der Waals surface area contributed by atoms with Crippen molar-refractivity contribution < 1.29 is 22.3 Å². The molecule has 4 rings (SSSR count). The van der Waals surface area contributed by atoms with Gasteiger partial charge in [0.25, 0.3) is 0 Å². The molecule has 0 radical (unpaired) electrons. The minimum Gasteiger partial charge on any atom is -0.490 e. The van der Waals surface area contributed by atoms with Crippen molar-refractivity contribution in [1.82, 2.24) is 0 Å². The van der Waals surface area contributed by atoms with E-state index in [2.05, 4.69) is 6.92 Å². The van der Waals surface area contributed by atoms with E-state index < -0.39 is 23.3 Å². The Labute approximate surface area is 204 Å². The molecule has 0 spiro atoms. The molecule has 0 amide bonds. The van der Waals surface area contributed by atoms with Crippen molar-refractivity contribution in [3.8, 4) is 28.0 Å². The Balaban J connectivity index is 1.54. The first kappa shape index (κ1) is 25.0. The summed E-state index contributed by atoms with van der Waals surface area (Å²) in [5.74, 6) is -3.18. The van der Waals surface area contributed by atoms with Crippen LogP contribution in [-0.2, 0) is 0 Å². The lowest BCUT2D eigenvalue weighted by Gasteiger charge is -2.27. The Bertz CT molecular complexity index is 1190. The predicted molar refractivity (Wildman–Crippen MR) is 132 cm³/mol. The van der Waals surface area contributed by atoms with Gasteiger partial charge in [0.15, 0.2) is 23.2 Å². The molecule has 5 heteroatoms. The molecule has 0 unspecified atom stereocenters. The zero-order valence-corrected chi connectivity index (χ0v) is 20.1. The highest BCUT2D eigenvalue weighted by atomic mass is 19.2. The van der Waals surface area contributed by atoms with Gasteiger partial charge in [0.1, 0.15) is 0 Å². The molecule has 0 bridgehead atoms. The number of hydrogen-bond acceptors (Lipinski definition) is 1. The third kappa shape index (κ3) is 5.44. The molecule has 0 heterocycles. The summed E-state index contributed by atoms with van der Waals surface area (Å²) in [5.41, 5.74) is 1.57. The van der Waals surface area contributed by atoms with Crippen molar-refractivity contribution in [3.05, 3.63) is 89.5 Å². The Morgan fingerprint density at radius 1 is 0.743 bits per heavy atom. The maximum atomic E-state index is 15.0. The van der Waals surface area contributed by atoms with E-state index in [9.17, 15) is 13.2 Å². The summed E-state index contributed by atoms with van der Waals surface area (Å²) in [7, 11) is 0. The van der Waals surface area contributed by atoms with Gasteiger partial charge in [-0.2, -0.15) is 4.39 Å². The topological polar surface area (TPSA) is 9.23 Å². The van der Waals surface area contributed by atoms with E-state index >= 15 is 4.39 Å². The zero-order chi connectivity index (χ0) is 24.9. The predicted octanol–water partition coefficient (Wildman–Crippen LogP) is 9.22. The SMILES string of the molecule is C/C=C\CCOc1ccc(-c2ccc(-c3ccc(C4CCC(C)CC4)c(F)c3F)cc2)c(F)c1F. The molecule has 3 aromatic rings.